The highest BCUT2D eigenvalue weighted by Gasteiger charge is 2.48. The molecule has 0 unspecified atom stereocenters. The summed E-state index contributed by atoms with van der Waals surface area (Å²) in [5, 5.41) is 17.9. The molecule has 0 spiro atoms. The van der Waals surface area contributed by atoms with Gasteiger partial charge in [-0.15, -0.1) is 0 Å². The van der Waals surface area contributed by atoms with Crippen LogP contribution in [-0.4, -0.2) is 45.2 Å². The molecule has 1 aliphatic carbocycles. The Morgan fingerprint density at radius 3 is 1.80 bits per heavy atom. The van der Waals surface area contributed by atoms with Gasteiger partial charge in [-0.05, 0) is 25.7 Å². The lowest BCUT2D eigenvalue weighted by atomic mass is 9.70. The van der Waals surface area contributed by atoms with Gasteiger partial charge in [0.2, 0.25) is 0 Å². The molecule has 1 rings (SSSR count). The monoisotopic (exact) mass is 226 g/mol. The second-order valence-electron chi connectivity index (χ2n) is 4.15. The highest BCUT2D eigenvalue weighted by molar-refractivity contribution is 5.98. The largest absolute Gasteiger partial charge is 0.480 e. The van der Waals surface area contributed by atoms with E-state index in [4.69, 9.17) is 10.2 Å². The summed E-state index contributed by atoms with van der Waals surface area (Å²) < 4.78 is 0. The first kappa shape index (κ1) is 14.7. The first-order valence-electron chi connectivity index (χ1n) is 4.96. The van der Waals surface area contributed by atoms with Crippen molar-refractivity contribution in [2.45, 2.75) is 39.0 Å². The molecule has 84 valence electrons. The van der Waals surface area contributed by atoms with Gasteiger partial charge in [0.25, 0.3) is 0 Å². The second kappa shape index (κ2) is 5.70. The van der Waals surface area contributed by atoms with E-state index in [2.05, 4.69) is 0 Å². The SMILES string of the molecule is CC(C(=O)O)(C(=O)O)C1CCCCC1.[MgH2]. The maximum absolute atomic E-state index is 11.0. The summed E-state index contributed by atoms with van der Waals surface area (Å²) in [7, 11) is 0. The Balaban J connectivity index is 0.00000196. The molecule has 0 saturated heterocycles. The highest BCUT2D eigenvalue weighted by atomic mass is 24.3. The zero-order chi connectivity index (χ0) is 10.8. The van der Waals surface area contributed by atoms with E-state index in [-0.39, 0.29) is 29.0 Å². The molecule has 1 saturated carbocycles. The van der Waals surface area contributed by atoms with Gasteiger partial charge in [0.05, 0.1) is 0 Å². The number of carbonyl (C=O) groups is 2. The van der Waals surface area contributed by atoms with E-state index in [0.717, 1.165) is 32.1 Å². The predicted octanol–water partition coefficient (Wildman–Crippen LogP) is 0.826. The first-order chi connectivity index (χ1) is 6.49. The summed E-state index contributed by atoms with van der Waals surface area (Å²) in [4.78, 5) is 22.0. The average molecular weight is 227 g/mol. The summed E-state index contributed by atoms with van der Waals surface area (Å²) >= 11 is 0. The fraction of sp³-hybridized carbons (Fsp3) is 0.800. The van der Waals surface area contributed by atoms with Gasteiger partial charge in [0, 0.05) is 0 Å². The van der Waals surface area contributed by atoms with Crippen LogP contribution in [0.3, 0.4) is 0 Å². The van der Waals surface area contributed by atoms with Crippen LogP contribution in [0.15, 0.2) is 0 Å². The molecule has 1 aliphatic rings. The number of rotatable bonds is 3. The normalized spacial score (nSPS) is 17.9. The molecule has 1 fully saturated rings. The van der Waals surface area contributed by atoms with Crippen LogP contribution in [-0.2, 0) is 9.59 Å². The summed E-state index contributed by atoms with van der Waals surface area (Å²) in [5.41, 5.74) is -1.60. The van der Waals surface area contributed by atoms with E-state index in [1.165, 1.54) is 6.92 Å². The lowest BCUT2D eigenvalue weighted by Crippen LogP contribution is -2.43. The predicted molar refractivity (Wildman–Crippen MR) is 58.5 cm³/mol. The van der Waals surface area contributed by atoms with Gasteiger partial charge in [-0.25, -0.2) is 0 Å². The van der Waals surface area contributed by atoms with E-state index in [0.29, 0.717) is 0 Å². The molecule has 0 radical (unpaired) electrons. The third-order valence-electron chi connectivity index (χ3n) is 3.31. The third-order valence-corrected chi connectivity index (χ3v) is 3.31. The summed E-state index contributed by atoms with van der Waals surface area (Å²) in [6, 6.07) is 0. The average Bonchev–Trinajstić information content (AvgIpc) is 2.17. The van der Waals surface area contributed by atoms with Gasteiger partial charge >= 0.3 is 35.0 Å². The van der Waals surface area contributed by atoms with Crippen LogP contribution in [0.5, 0.6) is 0 Å². The summed E-state index contributed by atoms with van der Waals surface area (Å²) in [6.45, 7) is 1.33. The summed E-state index contributed by atoms with van der Waals surface area (Å²) in [5.74, 6) is -2.64. The Kier molecular flexibility index (Phi) is 5.59. The quantitative estimate of drug-likeness (QED) is 0.552. The molecule has 0 aliphatic heterocycles. The lowest BCUT2D eigenvalue weighted by Gasteiger charge is -2.32. The van der Waals surface area contributed by atoms with E-state index in [9.17, 15) is 9.59 Å². The van der Waals surface area contributed by atoms with E-state index in [1.807, 2.05) is 0 Å². The first-order valence-corrected chi connectivity index (χ1v) is 4.96. The van der Waals surface area contributed by atoms with Crippen molar-refractivity contribution in [2.75, 3.05) is 0 Å². The molecule has 0 amide bonds. The van der Waals surface area contributed by atoms with Crippen molar-refractivity contribution in [2.24, 2.45) is 11.3 Å². The molecule has 0 aromatic carbocycles. The van der Waals surface area contributed by atoms with Gasteiger partial charge in [0.15, 0.2) is 5.41 Å². The standard InChI is InChI=1S/C10H16O4.Mg.2H/c1-10(8(11)12,9(13)14)7-5-3-2-4-6-7;;;/h7H,2-6H2,1H3,(H,11,12)(H,13,14);;;. The minimum absolute atomic E-state index is 0. The fourth-order valence-corrected chi connectivity index (χ4v) is 2.12. The Labute approximate surface area is 105 Å². The highest BCUT2D eigenvalue weighted by Crippen LogP contribution is 2.38. The van der Waals surface area contributed by atoms with Crippen molar-refractivity contribution in [3.63, 3.8) is 0 Å². The zero-order valence-electron chi connectivity index (χ0n) is 8.32. The third kappa shape index (κ3) is 2.84. The van der Waals surface area contributed by atoms with Crippen LogP contribution in [0.2, 0.25) is 0 Å². The molecule has 0 atom stereocenters. The number of carboxylic acids is 2. The minimum Gasteiger partial charge on any atom is -0.480 e. The Morgan fingerprint density at radius 1 is 1.07 bits per heavy atom. The van der Waals surface area contributed by atoms with Gasteiger partial charge in [-0.2, -0.15) is 0 Å². The topological polar surface area (TPSA) is 74.6 Å². The zero-order valence-corrected chi connectivity index (χ0v) is 8.32. The number of hydrogen-bond donors (Lipinski definition) is 2. The molecule has 5 heteroatoms. The molecule has 15 heavy (non-hydrogen) atoms. The maximum atomic E-state index is 11.0. The summed E-state index contributed by atoms with van der Waals surface area (Å²) in [6.07, 6.45) is 4.41. The maximum Gasteiger partial charge on any atom is 0.321 e. The smallest absolute Gasteiger partial charge is 0.321 e. The van der Waals surface area contributed by atoms with Crippen LogP contribution >= 0.6 is 0 Å². The Hall–Kier alpha value is -0.294. The lowest BCUT2D eigenvalue weighted by molar-refractivity contribution is -0.168. The van der Waals surface area contributed by atoms with Crippen LogP contribution < -0.4 is 0 Å². The van der Waals surface area contributed by atoms with Crippen molar-refractivity contribution in [1.82, 2.24) is 0 Å². The van der Waals surface area contributed by atoms with Gasteiger partial charge in [0.1, 0.15) is 0 Å². The number of aliphatic carboxylic acids is 2. The molecule has 0 bridgehead atoms. The van der Waals surface area contributed by atoms with E-state index in [1.54, 1.807) is 0 Å². The molecule has 0 aromatic heterocycles. The van der Waals surface area contributed by atoms with Gasteiger partial charge < -0.3 is 10.2 Å². The van der Waals surface area contributed by atoms with Gasteiger partial charge in [-0.3, -0.25) is 9.59 Å². The van der Waals surface area contributed by atoms with Crippen LogP contribution in [0.25, 0.3) is 0 Å². The van der Waals surface area contributed by atoms with Crippen LogP contribution in [0.4, 0.5) is 0 Å². The minimum atomic E-state index is -1.60. The molecule has 0 heterocycles. The Bertz CT molecular complexity index is 232. The second-order valence-corrected chi connectivity index (χ2v) is 4.15. The van der Waals surface area contributed by atoms with Crippen molar-refractivity contribution in [3.8, 4) is 0 Å². The number of carboxylic acid groups (broad SMARTS) is 2. The van der Waals surface area contributed by atoms with Crippen molar-refractivity contribution in [1.29, 1.82) is 0 Å². The molecule has 2 N–H and O–H groups in total. The van der Waals surface area contributed by atoms with Crippen LogP contribution in [0, 0.1) is 11.3 Å². The fourth-order valence-electron chi connectivity index (χ4n) is 2.12. The van der Waals surface area contributed by atoms with Crippen LogP contribution in [0.1, 0.15) is 39.0 Å². The molecule has 4 nitrogen and oxygen atoms in total. The van der Waals surface area contributed by atoms with Crippen molar-refractivity contribution in [3.05, 3.63) is 0 Å². The molecular formula is C10H18MgO4. The van der Waals surface area contributed by atoms with Crippen molar-refractivity contribution >= 4 is 35.0 Å². The van der Waals surface area contributed by atoms with Gasteiger partial charge in [-0.1, -0.05) is 19.3 Å². The molecule has 0 aromatic rings. The Morgan fingerprint density at radius 2 is 1.47 bits per heavy atom. The molecular weight excluding hydrogens is 208 g/mol. The van der Waals surface area contributed by atoms with Crippen molar-refractivity contribution < 1.29 is 19.8 Å². The number of hydrogen-bond acceptors (Lipinski definition) is 2. The van der Waals surface area contributed by atoms with E-state index < -0.39 is 17.4 Å². The van der Waals surface area contributed by atoms with E-state index >= 15 is 0 Å².